The van der Waals surface area contributed by atoms with Gasteiger partial charge in [0, 0.05) is 31.4 Å². The van der Waals surface area contributed by atoms with E-state index in [1.807, 2.05) is 13.8 Å². The van der Waals surface area contributed by atoms with Gasteiger partial charge in [0.25, 0.3) is 5.91 Å². The van der Waals surface area contributed by atoms with Crippen molar-refractivity contribution in [1.82, 2.24) is 14.9 Å². The topological polar surface area (TPSA) is 95.8 Å². The van der Waals surface area contributed by atoms with Crippen LogP contribution in [0.5, 0.6) is 0 Å². The number of aromatic nitrogens is 2. The summed E-state index contributed by atoms with van der Waals surface area (Å²) < 4.78 is 5.30. The van der Waals surface area contributed by atoms with Crippen molar-refractivity contribution >= 4 is 5.91 Å². The lowest BCUT2D eigenvalue weighted by molar-refractivity contribution is -0.124. The number of rotatable bonds is 5. The second kappa shape index (κ2) is 7.81. The SMILES string of the molecule is Cc1nccnc1C(=O)N(CC(C)C)C[C@@H]1COC[C@@H](O)[C@H]1O. The first-order valence-electron chi connectivity index (χ1n) is 7.91. The predicted octanol–water partition coefficient (Wildman–Crippen LogP) is 0.251. The summed E-state index contributed by atoms with van der Waals surface area (Å²) in [5.41, 5.74) is 0.895. The lowest BCUT2D eigenvalue weighted by atomic mass is 9.95. The molecule has 23 heavy (non-hydrogen) atoms. The minimum absolute atomic E-state index is 0.124. The van der Waals surface area contributed by atoms with Crippen LogP contribution in [0.2, 0.25) is 0 Å². The Morgan fingerprint density at radius 3 is 2.70 bits per heavy atom. The van der Waals surface area contributed by atoms with E-state index in [-0.39, 0.29) is 24.3 Å². The van der Waals surface area contributed by atoms with Crippen LogP contribution in [0, 0.1) is 18.8 Å². The molecule has 1 aromatic rings. The average Bonchev–Trinajstić information content (AvgIpc) is 2.50. The summed E-state index contributed by atoms with van der Waals surface area (Å²) in [5, 5.41) is 19.9. The molecule has 1 fully saturated rings. The molecule has 2 rings (SSSR count). The van der Waals surface area contributed by atoms with E-state index in [4.69, 9.17) is 4.74 Å². The molecule has 2 N–H and O–H groups in total. The number of hydrogen-bond donors (Lipinski definition) is 2. The smallest absolute Gasteiger partial charge is 0.274 e. The predicted molar refractivity (Wildman–Crippen MR) is 83.8 cm³/mol. The van der Waals surface area contributed by atoms with E-state index < -0.39 is 12.2 Å². The third kappa shape index (κ3) is 4.46. The Bertz CT molecular complexity index is 538. The molecule has 0 aliphatic carbocycles. The molecule has 0 spiro atoms. The van der Waals surface area contributed by atoms with Crippen LogP contribution in [0.1, 0.15) is 30.0 Å². The monoisotopic (exact) mass is 323 g/mol. The Balaban J connectivity index is 2.16. The summed E-state index contributed by atoms with van der Waals surface area (Å²) in [5.74, 6) is -0.266. The van der Waals surface area contributed by atoms with Crippen LogP contribution in [-0.2, 0) is 4.74 Å². The summed E-state index contributed by atoms with van der Waals surface area (Å²) in [6.45, 7) is 7.08. The van der Waals surface area contributed by atoms with Crippen molar-refractivity contribution in [2.45, 2.75) is 33.0 Å². The maximum absolute atomic E-state index is 12.8. The second-order valence-corrected chi connectivity index (χ2v) is 6.45. The largest absolute Gasteiger partial charge is 0.390 e. The van der Waals surface area contributed by atoms with Crippen molar-refractivity contribution in [1.29, 1.82) is 0 Å². The molecule has 1 aromatic heterocycles. The average molecular weight is 323 g/mol. The number of nitrogens with zero attached hydrogens (tertiary/aromatic N) is 3. The van der Waals surface area contributed by atoms with Crippen LogP contribution in [0.25, 0.3) is 0 Å². The van der Waals surface area contributed by atoms with Crippen LogP contribution in [-0.4, -0.2) is 69.5 Å². The maximum atomic E-state index is 12.8. The maximum Gasteiger partial charge on any atom is 0.274 e. The van der Waals surface area contributed by atoms with E-state index in [2.05, 4.69) is 9.97 Å². The van der Waals surface area contributed by atoms with E-state index in [0.717, 1.165) is 0 Å². The van der Waals surface area contributed by atoms with E-state index in [9.17, 15) is 15.0 Å². The molecule has 1 aliphatic rings. The number of hydrogen-bond acceptors (Lipinski definition) is 6. The molecule has 1 amide bonds. The number of carbonyl (C=O) groups excluding carboxylic acids is 1. The minimum atomic E-state index is -0.914. The standard InChI is InChI=1S/C16H25N3O4/c1-10(2)6-19(7-12-8-23-9-13(20)15(12)21)16(22)14-11(3)17-4-5-18-14/h4-5,10,12-13,15,20-21H,6-9H2,1-3H3/t12-,13-,15+/m1/s1. The molecule has 1 aliphatic heterocycles. The highest BCUT2D eigenvalue weighted by Crippen LogP contribution is 2.19. The van der Waals surface area contributed by atoms with Crippen molar-refractivity contribution < 1.29 is 19.7 Å². The van der Waals surface area contributed by atoms with Gasteiger partial charge in [-0.15, -0.1) is 0 Å². The summed E-state index contributed by atoms with van der Waals surface area (Å²) >= 11 is 0. The molecule has 2 heterocycles. The van der Waals surface area contributed by atoms with Crippen molar-refractivity contribution in [3.63, 3.8) is 0 Å². The highest BCUT2D eigenvalue weighted by atomic mass is 16.5. The van der Waals surface area contributed by atoms with E-state index in [0.29, 0.717) is 31.1 Å². The first kappa shape index (κ1) is 17.8. The number of ether oxygens (including phenoxy) is 1. The molecule has 7 nitrogen and oxygen atoms in total. The summed E-state index contributed by atoms with van der Waals surface area (Å²) in [6, 6.07) is 0. The number of carbonyl (C=O) groups is 1. The molecule has 128 valence electrons. The Morgan fingerprint density at radius 1 is 1.35 bits per heavy atom. The first-order chi connectivity index (χ1) is 10.9. The quantitative estimate of drug-likeness (QED) is 0.806. The van der Waals surface area contributed by atoms with Gasteiger partial charge in [0.05, 0.1) is 25.0 Å². The Morgan fingerprint density at radius 2 is 2.04 bits per heavy atom. The molecule has 0 saturated carbocycles. The van der Waals surface area contributed by atoms with Crippen molar-refractivity contribution in [3.8, 4) is 0 Å². The van der Waals surface area contributed by atoms with Crippen LogP contribution in [0.15, 0.2) is 12.4 Å². The van der Waals surface area contributed by atoms with Gasteiger partial charge in [-0.1, -0.05) is 13.8 Å². The Labute approximate surface area is 136 Å². The highest BCUT2D eigenvalue weighted by Gasteiger charge is 2.34. The van der Waals surface area contributed by atoms with Gasteiger partial charge in [-0.3, -0.25) is 9.78 Å². The fraction of sp³-hybridized carbons (Fsp3) is 0.688. The van der Waals surface area contributed by atoms with Crippen molar-refractivity contribution in [2.75, 3.05) is 26.3 Å². The van der Waals surface area contributed by atoms with E-state index in [1.54, 1.807) is 18.0 Å². The molecule has 1 saturated heterocycles. The molecule has 7 heteroatoms. The van der Waals surface area contributed by atoms with Gasteiger partial charge >= 0.3 is 0 Å². The van der Waals surface area contributed by atoms with Gasteiger partial charge in [0.2, 0.25) is 0 Å². The van der Waals surface area contributed by atoms with Crippen LogP contribution in [0.3, 0.4) is 0 Å². The lowest BCUT2D eigenvalue weighted by Gasteiger charge is -2.36. The molecule has 0 bridgehead atoms. The summed E-state index contributed by atoms with van der Waals surface area (Å²) in [6.07, 6.45) is 1.24. The van der Waals surface area contributed by atoms with Crippen LogP contribution < -0.4 is 0 Å². The van der Waals surface area contributed by atoms with Gasteiger partial charge in [-0.2, -0.15) is 0 Å². The minimum Gasteiger partial charge on any atom is -0.390 e. The van der Waals surface area contributed by atoms with Gasteiger partial charge in [0.15, 0.2) is 0 Å². The second-order valence-electron chi connectivity index (χ2n) is 6.45. The van der Waals surface area contributed by atoms with Gasteiger partial charge < -0.3 is 19.8 Å². The van der Waals surface area contributed by atoms with E-state index in [1.165, 1.54) is 6.20 Å². The van der Waals surface area contributed by atoms with Gasteiger partial charge in [-0.05, 0) is 12.8 Å². The summed E-state index contributed by atoms with van der Waals surface area (Å²) in [4.78, 5) is 22.7. The zero-order valence-electron chi connectivity index (χ0n) is 13.8. The highest BCUT2D eigenvalue weighted by molar-refractivity contribution is 5.93. The van der Waals surface area contributed by atoms with Crippen molar-refractivity contribution in [3.05, 3.63) is 23.8 Å². The zero-order valence-corrected chi connectivity index (χ0v) is 13.8. The van der Waals surface area contributed by atoms with Gasteiger partial charge in [-0.25, -0.2) is 4.98 Å². The molecule has 0 unspecified atom stereocenters. The molecule has 0 radical (unpaired) electrons. The van der Waals surface area contributed by atoms with Crippen molar-refractivity contribution in [2.24, 2.45) is 11.8 Å². The Kier molecular flexibility index (Phi) is 6.04. The molecule has 0 aromatic carbocycles. The third-order valence-corrected chi connectivity index (χ3v) is 3.91. The number of aliphatic hydroxyl groups excluding tert-OH is 2. The zero-order chi connectivity index (χ0) is 17.0. The molecular weight excluding hydrogens is 298 g/mol. The van der Waals surface area contributed by atoms with Crippen LogP contribution >= 0.6 is 0 Å². The lowest BCUT2D eigenvalue weighted by Crippen LogP contribution is -2.50. The number of amides is 1. The van der Waals surface area contributed by atoms with Gasteiger partial charge in [0.1, 0.15) is 11.8 Å². The summed E-state index contributed by atoms with van der Waals surface area (Å²) in [7, 11) is 0. The normalized spacial score (nSPS) is 24.7. The molecular formula is C16H25N3O4. The Hall–Kier alpha value is -1.57. The number of aliphatic hydroxyl groups is 2. The van der Waals surface area contributed by atoms with E-state index >= 15 is 0 Å². The molecule has 3 atom stereocenters. The first-order valence-corrected chi connectivity index (χ1v) is 7.91. The third-order valence-electron chi connectivity index (χ3n) is 3.91. The fourth-order valence-electron chi connectivity index (χ4n) is 2.74. The number of aryl methyl sites for hydroxylation is 1. The fourth-order valence-corrected chi connectivity index (χ4v) is 2.74. The van der Waals surface area contributed by atoms with Crippen LogP contribution in [0.4, 0.5) is 0 Å².